The zero-order valence-electron chi connectivity index (χ0n) is 19.6. The molecule has 1 aliphatic carbocycles. The van der Waals surface area contributed by atoms with Crippen molar-refractivity contribution < 1.29 is 23.8 Å². The van der Waals surface area contributed by atoms with E-state index in [2.05, 4.69) is 5.32 Å². The van der Waals surface area contributed by atoms with Crippen LogP contribution in [0.3, 0.4) is 0 Å². The van der Waals surface area contributed by atoms with Crippen molar-refractivity contribution in [3.63, 3.8) is 0 Å². The van der Waals surface area contributed by atoms with E-state index in [-0.39, 0.29) is 31.1 Å². The topological polar surface area (TPSA) is 77.1 Å². The number of amides is 2. The molecule has 0 unspecified atom stereocenters. The third-order valence-corrected chi connectivity index (χ3v) is 7.30. The summed E-state index contributed by atoms with van der Waals surface area (Å²) in [5, 5.41) is 5.15. The number of nitrogens with zero attached hydrogens (tertiary/aromatic N) is 1. The number of ether oxygens (including phenoxy) is 3. The van der Waals surface area contributed by atoms with Gasteiger partial charge in [0.2, 0.25) is 18.6 Å². The van der Waals surface area contributed by atoms with Gasteiger partial charge in [-0.15, -0.1) is 11.3 Å². The molecular formula is C27H28N2O5S. The first kappa shape index (κ1) is 23.2. The van der Waals surface area contributed by atoms with Gasteiger partial charge in [0.05, 0.1) is 13.5 Å². The van der Waals surface area contributed by atoms with E-state index >= 15 is 0 Å². The monoisotopic (exact) mass is 492 g/mol. The van der Waals surface area contributed by atoms with Gasteiger partial charge >= 0.3 is 0 Å². The molecule has 0 radical (unpaired) electrons. The number of methoxy groups -OCH3 is 1. The van der Waals surface area contributed by atoms with Crippen molar-refractivity contribution in [1.29, 1.82) is 0 Å². The highest BCUT2D eigenvalue weighted by Gasteiger charge is 2.35. The van der Waals surface area contributed by atoms with Crippen molar-refractivity contribution >= 4 is 28.8 Å². The van der Waals surface area contributed by atoms with Gasteiger partial charge in [-0.05, 0) is 54.1 Å². The number of rotatable bonds is 8. The Morgan fingerprint density at radius 2 is 1.91 bits per heavy atom. The van der Waals surface area contributed by atoms with Gasteiger partial charge < -0.3 is 19.5 Å². The molecule has 1 atom stereocenters. The van der Waals surface area contributed by atoms with E-state index in [0.29, 0.717) is 28.5 Å². The Balaban J connectivity index is 1.58. The molecule has 0 spiro atoms. The average Bonchev–Trinajstić information content (AvgIpc) is 3.65. The Morgan fingerprint density at radius 1 is 1.09 bits per heavy atom. The van der Waals surface area contributed by atoms with Gasteiger partial charge in [-0.1, -0.05) is 31.0 Å². The number of anilines is 1. The van der Waals surface area contributed by atoms with E-state index in [1.807, 2.05) is 41.8 Å². The summed E-state index contributed by atoms with van der Waals surface area (Å²) in [5.74, 6) is 1.41. The molecule has 1 aliphatic heterocycles. The van der Waals surface area contributed by atoms with Crippen LogP contribution in [0.4, 0.5) is 5.69 Å². The average molecular weight is 493 g/mol. The molecule has 3 aromatic rings. The second-order valence-electron chi connectivity index (χ2n) is 8.73. The maximum absolute atomic E-state index is 13.9. The zero-order valence-corrected chi connectivity index (χ0v) is 20.4. The quantitative estimate of drug-likeness (QED) is 0.486. The normalized spacial score (nSPS) is 15.6. The molecule has 1 aromatic heterocycles. The molecule has 2 amide bonds. The lowest BCUT2D eigenvalue weighted by molar-refractivity contribution is -0.127. The van der Waals surface area contributed by atoms with Gasteiger partial charge in [0.15, 0.2) is 11.5 Å². The molecule has 2 aliphatic rings. The van der Waals surface area contributed by atoms with Crippen LogP contribution in [0.15, 0.2) is 60.0 Å². The second kappa shape index (κ2) is 10.4. The van der Waals surface area contributed by atoms with E-state index in [4.69, 9.17) is 14.2 Å². The standard InChI is InChI=1S/C27H28N2O5S/c1-32-21-9-4-6-18(14-21)26(27(31)28-19-7-2-3-8-19)29(25(30)16-22-10-5-13-35-22)20-11-12-23-24(15-20)34-17-33-23/h4-6,9-15,19,26H,2-3,7-8,16-17H2,1H3,(H,28,31)/t26-/m0/s1. The Hall–Kier alpha value is -3.52. The lowest BCUT2D eigenvalue weighted by Crippen LogP contribution is -2.46. The van der Waals surface area contributed by atoms with Crippen LogP contribution >= 0.6 is 11.3 Å². The first-order valence-electron chi connectivity index (χ1n) is 11.8. The summed E-state index contributed by atoms with van der Waals surface area (Å²) in [6.45, 7) is 0.128. The fourth-order valence-electron chi connectivity index (χ4n) is 4.70. The Morgan fingerprint density at radius 3 is 2.69 bits per heavy atom. The van der Waals surface area contributed by atoms with Crippen LogP contribution in [-0.2, 0) is 16.0 Å². The lowest BCUT2D eigenvalue weighted by atomic mass is 10.0. The molecule has 0 saturated heterocycles. The minimum atomic E-state index is -0.876. The Labute approximate surface area is 208 Å². The maximum atomic E-state index is 13.9. The van der Waals surface area contributed by atoms with Crippen molar-refractivity contribution in [3.8, 4) is 17.2 Å². The molecule has 1 N–H and O–H groups in total. The molecule has 0 bridgehead atoms. The highest BCUT2D eigenvalue weighted by molar-refractivity contribution is 7.10. The van der Waals surface area contributed by atoms with Crippen LogP contribution < -0.4 is 24.4 Å². The van der Waals surface area contributed by atoms with Crippen molar-refractivity contribution in [3.05, 3.63) is 70.4 Å². The first-order valence-corrected chi connectivity index (χ1v) is 12.7. The van der Waals surface area contributed by atoms with E-state index in [1.54, 1.807) is 30.2 Å². The number of thiophene rings is 1. The second-order valence-corrected chi connectivity index (χ2v) is 9.76. The summed E-state index contributed by atoms with van der Waals surface area (Å²) in [4.78, 5) is 30.2. The van der Waals surface area contributed by atoms with Gasteiger partial charge in [-0.3, -0.25) is 14.5 Å². The lowest BCUT2D eigenvalue weighted by Gasteiger charge is -2.32. The van der Waals surface area contributed by atoms with Crippen molar-refractivity contribution in [2.45, 2.75) is 44.2 Å². The van der Waals surface area contributed by atoms with Crippen molar-refractivity contribution in [2.24, 2.45) is 0 Å². The molecule has 7 nitrogen and oxygen atoms in total. The number of hydrogen-bond acceptors (Lipinski definition) is 6. The molecule has 5 rings (SSSR count). The smallest absolute Gasteiger partial charge is 0.248 e. The number of benzene rings is 2. The number of hydrogen-bond donors (Lipinski definition) is 1. The van der Waals surface area contributed by atoms with Crippen LogP contribution in [0.5, 0.6) is 17.2 Å². The number of carbonyl (C=O) groups excluding carboxylic acids is 2. The van der Waals surface area contributed by atoms with Gasteiger partial charge in [0.25, 0.3) is 0 Å². The van der Waals surface area contributed by atoms with Crippen LogP contribution in [0.1, 0.15) is 42.2 Å². The van der Waals surface area contributed by atoms with Gasteiger partial charge in [-0.2, -0.15) is 0 Å². The number of fused-ring (bicyclic) bond motifs is 1. The molecular weight excluding hydrogens is 464 g/mol. The summed E-state index contributed by atoms with van der Waals surface area (Å²) in [5.41, 5.74) is 1.25. The fourth-order valence-corrected chi connectivity index (χ4v) is 5.39. The molecule has 35 heavy (non-hydrogen) atoms. The molecule has 2 aromatic carbocycles. The summed E-state index contributed by atoms with van der Waals surface area (Å²) in [7, 11) is 1.59. The SMILES string of the molecule is COc1cccc([C@@H](C(=O)NC2CCCC2)N(C(=O)Cc2cccs2)c2ccc3c(c2)OCO3)c1. The molecule has 182 valence electrons. The van der Waals surface area contributed by atoms with E-state index in [1.165, 1.54) is 11.3 Å². The van der Waals surface area contributed by atoms with Gasteiger partial charge in [0.1, 0.15) is 11.8 Å². The summed E-state index contributed by atoms with van der Waals surface area (Å²) in [6.07, 6.45) is 4.27. The Bertz CT molecular complexity index is 1190. The van der Waals surface area contributed by atoms with Crippen LogP contribution in [0, 0.1) is 0 Å². The summed E-state index contributed by atoms with van der Waals surface area (Å²) < 4.78 is 16.5. The number of nitrogens with one attached hydrogen (secondary N) is 1. The van der Waals surface area contributed by atoms with E-state index < -0.39 is 6.04 Å². The summed E-state index contributed by atoms with van der Waals surface area (Å²) in [6, 6.07) is 15.8. The molecule has 1 fully saturated rings. The first-order chi connectivity index (χ1) is 17.1. The highest BCUT2D eigenvalue weighted by atomic mass is 32.1. The predicted octanol–water partition coefficient (Wildman–Crippen LogP) is 4.86. The largest absolute Gasteiger partial charge is 0.497 e. The van der Waals surface area contributed by atoms with Crippen molar-refractivity contribution in [2.75, 3.05) is 18.8 Å². The van der Waals surface area contributed by atoms with E-state index in [9.17, 15) is 9.59 Å². The fraction of sp³-hybridized carbons (Fsp3) is 0.333. The van der Waals surface area contributed by atoms with Gasteiger partial charge in [0, 0.05) is 22.7 Å². The van der Waals surface area contributed by atoms with Crippen LogP contribution in [-0.4, -0.2) is 31.8 Å². The predicted molar refractivity (Wildman–Crippen MR) is 134 cm³/mol. The third-order valence-electron chi connectivity index (χ3n) is 6.43. The van der Waals surface area contributed by atoms with Crippen LogP contribution in [0.2, 0.25) is 0 Å². The number of carbonyl (C=O) groups is 2. The molecule has 2 heterocycles. The minimum Gasteiger partial charge on any atom is -0.497 e. The zero-order chi connectivity index (χ0) is 24.2. The van der Waals surface area contributed by atoms with Crippen LogP contribution in [0.25, 0.3) is 0 Å². The van der Waals surface area contributed by atoms with E-state index in [0.717, 1.165) is 30.6 Å². The Kier molecular flexibility index (Phi) is 6.90. The van der Waals surface area contributed by atoms with Gasteiger partial charge in [-0.25, -0.2) is 0 Å². The van der Waals surface area contributed by atoms with Crippen molar-refractivity contribution in [1.82, 2.24) is 5.32 Å². The minimum absolute atomic E-state index is 0.113. The maximum Gasteiger partial charge on any atom is 0.248 e. The molecule has 1 saturated carbocycles. The summed E-state index contributed by atoms with van der Waals surface area (Å²) >= 11 is 1.52. The third kappa shape index (κ3) is 5.12. The highest BCUT2D eigenvalue weighted by Crippen LogP contribution is 2.39. The molecule has 8 heteroatoms.